The third-order valence-electron chi connectivity index (χ3n) is 1.31. The third-order valence-corrected chi connectivity index (χ3v) is 1.31. The predicted octanol–water partition coefficient (Wildman–Crippen LogP) is 2.23. The maximum absolute atomic E-state index is 10.3. The van der Waals surface area contributed by atoms with Crippen LogP contribution >= 0.6 is 0 Å². The molecule has 0 aromatic rings. The van der Waals surface area contributed by atoms with Gasteiger partial charge < -0.3 is 5.11 Å². The van der Waals surface area contributed by atoms with Crippen LogP contribution in [0.2, 0.25) is 0 Å². The van der Waals surface area contributed by atoms with Crippen LogP contribution in [0.5, 0.6) is 0 Å². The van der Waals surface area contributed by atoms with E-state index >= 15 is 0 Å². The molecule has 0 aromatic heterocycles. The first-order valence-corrected chi connectivity index (χ1v) is 3.59. The summed E-state index contributed by atoms with van der Waals surface area (Å²) in [5.41, 5.74) is 0.947. The van der Waals surface area contributed by atoms with Crippen LogP contribution in [0, 0.1) is 5.92 Å². The Kier molecular flexibility index (Phi) is 4.27. The number of carbonyl (C=O) groups is 1. The van der Waals surface area contributed by atoms with Gasteiger partial charge in [0.1, 0.15) is 0 Å². The SMILES string of the molecule is C=C(C)/C=C/CC(C)C(=O)O. The first-order chi connectivity index (χ1) is 5.04. The third kappa shape index (κ3) is 5.40. The fraction of sp³-hybridized carbons (Fsp3) is 0.444. The average Bonchev–Trinajstić information content (AvgIpc) is 1.86. The van der Waals surface area contributed by atoms with Crippen LogP contribution in [0.25, 0.3) is 0 Å². The molecule has 1 unspecified atom stereocenters. The lowest BCUT2D eigenvalue weighted by Gasteiger charge is -1.99. The Hall–Kier alpha value is -1.05. The molecule has 2 nitrogen and oxygen atoms in total. The normalized spacial score (nSPS) is 13.3. The predicted molar refractivity (Wildman–Crippen MR) is 45.4 cm³/mol. The lowest BCUT2D eigenvalue weighted by molar-refractivity contribution is -0.140. The minimum atomic E-state index is -0.753. The van der Waals surface area contributed by atoms with E-state index in [1.54, 1.807) is 6.92 Å². The van der Waals surface area contributed by atoms with Crippen molar-refractivity contribution in [3.63, 3.8) is 0 Å². The smallest absolute Gasteiger partial charge is 0.306 e. The molecule has 0 spiro atoms. The molecule has 0 rings (SSSR count). The Morgan fingerprint density at radius 2 is 2.27 bits per heavy atom. The van der Waals surface area contributed by atoms with E-state index in [2.05, 4.69) is 6.58 Å². The van der Waals surface area contributed by atoms with Gasteiger partial charge in [-0.3, -0.25) is 4.79 Å². The molecular weight excluding hydrogens is 140 g/mol. The van der Waals surface area contributed by atoms with Gasteiger partial charge in [0.25, 0.3) is 0 Å². The number of hydrogen-bond acceptors (Lipinski definition) is 1. The highest BCUT2D eigenvalue weighted by molar-refractivity contribution is 5.69. The van der Waals surface area contributed by atoms with Crippen molar-refractivity contribution >= 4 is 5.97 Å². The van der Waals surface area contributed by atoms with E-state index in [4.69, 9.17) is 5.11 Å². The largest absolute Gasteiger partial charge is 0.481 e. The van der Waals surface area contributed by atoms with Gasteiger partial charge in [-0.2, -0.15) is 0 Å². The van der Waals surface area contributed by atoms with Crippen LogP contribution in [0.15, 0.2) is 24.3 Å². The summed E-state index contributed by atoms with van der Waals surface area (Å²) in [5.74, 6) is -1.05. The highest BCUT2D eigenvalue weighted by atomic mass is 16.4. The van der Waals surface area contributed by atoms with E-state index in [0.29, 0.717) is 6.42 Å². The number of hydrogen-bond donors (Lipinski definition) is 1. The standard InChI is InChI=1S/C9H14O2/c1-7(2)5-4-6-8(3)9(10)11/h4-5,8H,1,6H2,2-3H3,(H,10,11)/b5-4+. The molecule has 0 radical (unpaired) electrons. The molecule has 0 fully saturated rings. The summed E-state index contributed by atoms with van der Waals surface area (Å²) < 4.78 is 0. The summed E-state index contributed by atoms with van der Waals surface area (Å²) in [6.45, 7) is 7.23. The van der Waals surface area contributed by atoms with E-state index in [1.165, 1.54) is 0 Å². The summed E-state index contributed by atoms with van der Waals surface area (Å²) in [4.78, 5) is 10.3. The maximum Gasteiger partial charge on any atom is 0.306 e. The Bertz CT molecular complexity index is 180. The second kappa shape index (κ2) is 4.72. The van der Waals surface area contributed by atoms with Crippen molar-refractivity contribution in [3.8, 4) is 0 Å². The van der Waals surface area contributed by atoms with Crippen LogP contribution < -0.4 is 0 Å². The molecule has 2 heteroatoms. The molecule has 0 aliphatic carbocycles. The summed E-state index contributed by atoms with van der Waals surface area (Å²) in [5, 5.41) is 8.49. The fourth-order valence-corrected chi connectivity index (χ4v) is 0.574. The quantitative estimate of drug-likeness (QED) is 0.630. The maximum atomic E-state index is 10.3. The van der Waals surface area contributed by atoms with Gasteiger partial charge in [-0.1, -0.05) is 31.2 Å². The van der Waals surface area contributed by atoms with Gasteiger partial charge in [-0.25, -0.2) is 0 Å². The first-order valence-electron chi connectivity index (χ1n) is 3.59. The topological polar surface area (TPSA) is 37.3 Å². The van der Waals surface area contributed by atoms with Crippen LogP contribution in [0.4, 0.5) is 0 Å². The van der Waals surface area contributed by atoms with E-state index in [-0.39, 0.29) is 5.92 Å². The molecule has 0 aliphatic heterocycles. The van der Waals surface area contributed by atoms with Crippen molar-refractivity contribution in [1.82, 2.24) is 0 Å². The van der Waals surface area contributed by atoms with Gasteiger partial charge >= 0.3 is 5.97 Å². The minimum Gasteiger partial charge on any atom is -0.481 e. The zero-order valence-corrected chi connectivity index (χ0v) is 7.00. The number of rotatable bonds is 4. The van der Waals surface area contributed by atoms with Crippen LogP contribution in [0.3, 0.4) is 0 Å². The van der Waals surface area contributed by atoms with Gasteiger partial charge in [-0.05, 0) is 13.3 Å². The Morgan fingerprint density at radius 3 is 2.64 bits per heavy atom. The lowest BCUT2D eigenvalue weighted by atomic mass is 10.1. The van der Waals surface area contributed by atoms with E-state index in [0.717, 1.165) is 5.57 Å². The zero-order chi connectivity index (χ0) is 8.85. The molecule has 62 valence electrons. The molecule has 1 atom stereocenters. The van der Waals surface area contributed by atoms with Crippen molar-refractivity contribution in [3.05, 3.63) is 24.3 Å². The number of carboxylic acids is 1. The van der Waals surface area contributed by atoms with Gasteiger partial charge in [0.2, 0.25) is 0 Å². The second-order valence-corrected chi connectivity index (χ2v) is 2.72. The second-order valence-electron chi connectivity index (χ2n) is 2.72. The highest BCUT2D eigenvalue weighted by Gasteiger charge is 2.06. The molecule has 11 heavy (non-hydrogen) atoms. The molecule has 0 aliphatic rings. The van der Waals surface area contributed by atoms with Crippen molar-refractivity contribution < 1.29 is 9.90 Å². The van der Waals surface area contributed by atoms with Crippen LogP contribution in [0.1, 0.15) is 20.3 Å². The molecule has 0 aromatic carbocycles. The molecule has 0 amide bonds. The molecule has 0 bridgehead atoms. The minimum absolute atomic E-state index is 0.300. The Balaban J connectivity index is 3.70. The Morgan fingerprint density at radius 1 is 1.73 bits per heavy atom. The summed E-state index contributed by atoms with van der Waals surface area (Å²) in [7, 11) is 0. The monoisotopic (exact) mass is 154 g/mol. The van der Waals surface area contributed by atoms with Gasteiger partial charge in [0, 0.05) is 0 Å². The van der Waals surface area contributed by atoms with Crippen molar-refractivity contribution in [2.75, 3.05) is 0 Å². The van der Waals surface area contributed by atoms with E-state index in [9.17, 15) is 4.79 Å². The van der Waals surface area contributed by atoms with Crippen molar-refractivity contribution in [1.29, 1.82) is 0 Å². The van der Waals surface area contributed by atoms with E-state index in [1.807, 2.05) is 19.1 Å². The van der Waals surface area contributed by atoms with Crippen LogP contribution in [-0.4, -0.2) is 11.1 Å². The molecule has 0 saturated carbocycles. The number of aliphatic carboxylic acids is 1. The first kappa shape index (κ1) is 9.95. The average molecular weight is 154 g/mol. The summed E-state index contributed by atoms with van der Waals surface area (Å²) >= 11 is 0. The molecule has 0 heterocycles. The van der Waals surface area contributed by atoms with Gasteiger partial charge in [0.15, 0.2) is 0 Å². The summed E-state index contributed by atoms with van der Waals surface area (Å²) in [6.07, 6.45) is 4.24. The molecular formula is C9H14O2. The lowest BCUT2D eigenvalue weighted by Crippen LogP contribution is -2.07. The van der Waals surface area contributed by atoms with Crippen molar-refractivity contribution in [2.24, 2.45) is 5.92 Å². The zero-order valence-electron chi connectivity index (χ0n) is 7.00. The molecule has 0 saturated heterocycles. The molecule has 1 N–H and O–H groups in total. The van der Waals surface area contributed by atoms with E-state index < -0.39 is 5.97 Å². The van der Waals surface area contributed by atoms with Crippen molar-refractivity contribution in [2.45, 2.75) is 20.3 Å². The summed E-state index contributed by atoms with van der Waals surface area (Å²) in [6, 6.07) is 0. The van der Waals surface area contributed by atoms with Gasteiger partial charge in [0.05, 0.1) is 5.92 Å². The fourth-order valence-electron chi connectivity index (χ4n) is 0.574. The van der Waals surface area contributed by atoms with Crippen LogP contribution in [-0.2, 0) is 4.79 Å². The number of allylic oxidation sites excluding steroid dienone is 3. The number of carboxylic acid groups (broad SMARTS) is 1. The van der Waals surface area contributed by atoms with Gasteiger partial charge in [-0.15, -0.1) is 0 Å². The Labute approximate surface area is 67.2 Å². The highest BCUT2D eigenvalue weighted by Crippen LogP contribution is 2.03.